The van der Waals surface area contributed by atoms with Crippen molar-refractivity contribution in [3.63, 3.8) is 0 Å². The molecule has 0 bridgehead atoms. The third-order valence-corrected chi connectivity index (χ3v) is 3.08. The molecule has 0 heterocycles. The standard InChI is InChI=1S/C18H34O2/c1-3-5-7-8-9-10-11-12-13-15-17-20-18-19-16-14-6-4-2/h8-11H,3-7,12-18H2,1-2H3/b9-8-,11-10+. The van der Waals surface area contributed by atoms with Gasteiger partial charge in [-0.2, -0.15) is 0 Å². The van der Waals surface area contributed by atoms with Gasteiger partial charge in [-0.1, -0.05) is 63.8 Å². The van der Waals surface area contributed by atoms with E-state index in [1.807, 2.05) is 0 Å². The molecular weight excluding hydrogens is 248 g/mol. The number of rotatable bonds is 15. The second-order valence-corrected chi connectivity index (χ2v) is 5.14. The molecule has 0 fully saturated rings. The summed E-state index contributed by atoms with van der Waals surface area (Å²) < 4.78 is 10.8. The zero-order valence-electron chi connectivity index (χ0n) is 13.6. The van der Waals surface area contributed by atoms with Crippen LogP contribution in [0.15, 0.2) is 24.3 Å². The average molecular weight is 282 g/mol. The van der Waals surface area contributed by atoms with Crippen LogP contribution < -0.4 is 0 Å². The van der Waals surface area contributed by atoms with Crippen LogP contribution in [0, 0.1) is 0 Å². The SMILES string of the molecule is CCCC/C=C\C=C\CCCCOCOCCCCC. The molecule has 0 aromatic rings. The molecule has 0 rings (SSSR count). The van der Waals surface area contributed by atoms with Crippen LogP contribution in [-0.2, 0) is 9.47 Å². The van der Waals surface area contributed by atoms with E-state index in [4.69, 9.17) is 9.47 Å². The Morgan fingerprint density at radius 1 is 0.650 bits per heavy atom. The van der Waals surface area contributed by atoms with Crippen molar-refractivity contribution in [2.45, 2.75) is 71.6 Å². The number of unbranched alkanes of at least 4 members (excludes halogenated alkanes) is 6. The van der Waals surface area contributed by atoms with Gasteiger partial charge in [0.1, 0.15) is 6.79 Å². The Balaban J connectivity index is 3.09. The molecule has 0 atom stereocenters. The highest BCUT2D eigenvalue weighted by Gasteiger charge is 1.90. The van der Waals surface area contributed by atoms with Crippen molar-refractivity contribution in [2.24, 2.45) is 0 Å². The molecular formula is C18H34O2. The van der Waals surface area contributed by atoms with Gasteiger partial charge >= 0.3 is 0 Å². The van der Waals surface area contributed by atoms with Crippen molar-refractivity contribution in [1.29, 1.82) is 0 Å². The summed E-state index contributed by atoms with van der Waals surface area (Å²) in [4.78, 5) is 0. The van der Waals surface area contributed by atoms with Crippen molar-refractivity contribution in [1.82, 2.24) is 0 Å². The van der Waals surface area contributed by atoms with Gasteiger partial charge in [0.2, 0.25) is 0 Å². The fourth-order valence-electron chi connectivity index (χ4n) is 1.77. The van der Waals surface area contributed by atoms with Crippen LogP contribution in [0.2, 0.25) is 0 Å². The van der Waals surface area contributed by atoms with E-state index >= 15 is 0 Å². The van der Waals surface area contributed by atoms with E-state index in [0.29, 0.717) is 6.79 Å². The topological polar surface area (TPSA) is 18.5 Å². The van der Waals surface area contributed by atoms with Gasteiger partial charge in [-0.25, -0.2) is 0 Å². The molecule has 20 heavy (non-hydrogen) atoms. The van der Waals surface area contributed by atoms with Gasteiger partial charge < -0.3 is 9.47 Å². The van der Waals surface area contributed by atoms with E-state index in [1.165, 1.54) is 38.5 Å². The maximum absolute atomic E-state index is 5.43. The minimum Gasteiger partial charge on any atom is -0.355 e. The highest BCUT2D eigenvalue weighted by molar-refractivity contribution is 5.02. The molecule has 0 saturated carbocycles. The Labute approximate surface area is 126 Å². The number of hydrogen-bond acceptors (Lipinski definition) is 2. The van der Waals surface area contributed by atoms with E-state index in [2.05, 4.69) is 38.2 Å². The molecule has 118 valence electrons. The largest absolute Gasteiger partial charge is 0.355 e. The summed E-state index contributed by atoms with van der Waals surface area (Å²) in [7, 11) is 0. The van der Waals surface area contributed by atoms with Crippen LogP contribution in [0.4, 0.5) is 0 Å². The normalized spacial score (nSPS) is 11.9. The monoisotopic (exact) mass is 282 g/mol. The highest BCUT2D eigenvalue weighted by atomic mass is 16.7. The summed E-state index contributed by atoms with van der Waals surface area (Å²) in [6.07, 6.45) is 19.7. The van der Waals surface area contributed by atoms with Gasteiger partial charge in [-0.15, -0.1) is 0 Å². The molecule has 0 N–H and O–H groups in total. The summed E-state index contributed by atoms with van der Waals surface area (Å²) in [6, 6.07) is 0. The van der Waals surface area contributed by atoms with Gasteiger partial charge in [0, 0.05) is 13.2 Å². The van der Waals surface area contributed by atoms with Crippen LogP contribution in [0.3, 0.4) is 0 Å². The summed E-state index contributed by atoms with van der Waals surface area (Å²) in [5, 5.41) is 0. The summed E-state index contributed by atoms with van der Waals surface area (Å²) >= 11 is 0. The minimum atomic E-state index is 0.458. The quantitative estimate of drug-likeness (QED) is 0.220. The molecule has 0 aliphatic carbocycles. The first-order valence-electron chi connectivity index (χ1n) is 8.39. The van der Waals surface area contributed by atoms with Crippen molar-refractivity contribution in [3.8, 4) is 0 Å². The Morgan fingerprint density at radius 3 is 1.80 bits per heavy atom. The first kappa shape index (κ1) is 19.4. The van der Waals surface area contributed by atoms with Crippen LogP contribution in [0.25, 0.3) is 0 Å². The highest BCUT2D eigenvalue weighted by Crippen LogP contribution is 1.99. The van der Waals surface area contributed by atoms with Crippen molar-refractivity contribution < 1.29 is 9.47 Å². The van der Waals surface area contributed by atoms with Crippen molar-refractivity contribution >= 4 is 0 Å². The molecule has 2 nitrogen and oxygen atoms in total. The summed E-state index contributed by atoms with van der Waals surface area (Å²) in [5.74, 6) is 0. The molecule has 0 unspecified atom stereocenters. The molecule has 0 aliphatic heterocycles. The predicted octanol–water partition coefficient (Wildman–Crippen LogP) is 5.64. The maximum Gasteiger partial charge on any atom is 0.146 e. The Kier molecular flexibility index (Phi) is 17.8. The summed E-state index contributed by atoms with van der Waals surface area (Å²) in [5.41, 5.74) is 0. The Morgan fingerprint density at radius 2 is 1.20 bits per heavy atom. The summed E-state index contributed by atoms with van der Waals surface area (Å²) in [6.45, 7) is 6.53. The number of hydrogen-bond donors (Lipinski definition) is 0. The lowest BCUT2D eigenvalue weighted by molar-refractivity contribution is -0.0554. The van der Waals surface area contributed by atoms with Crippen LogP contribution in [0.1, 0.15) is 71.6 Å². The molecule has 0 radical (unpaired) electrons. The Hall–Kier alpha value is -0.600. The first-order chi connectivity index (χ1) is 9.91. The van der Waals surface area contributed by atoms with Crippen LogP contribution >= 0.6 is 0 Å². The molecule has 0 spiro atoms. The minimum absolute atomic E-state index is 0.458. The lowest BCUT2D eigenvalue weighted by Crippen LogP contribution is -2.02. The van der Waals surface area contributed by atoms with Gasteiger partial charge in [0.05, 0.1) is 0 Å². The molecule has 0 saturated heterocycles. The number of ether oxygens (including phenoxy) is 2. The zero-order chi connectivity index (χ0) is 14.7. The molecule has 0 aromatic carbocycles. The second-order valence-electron chi connectivity index (χ2n) is 5.14. The predicted molar refractivity (Wildman–Crippen MR) is 88.0 cm³/mol. The lowest BCUT2D eigenvalue weighted by atomic mass is 10.2. The average Bonchev–Trinajstić information content (AvgIpc) is 2.47. The van der Waals surface area contributed by atoms with Crippen molar-refractivity contribution in [2.75, 3.05) is 20.0 Å². The van der Waals surface area contributed by atoms with Gasteiger partial charge in [-0.05, 0) is 32.1 Å². The van der Waals surface area contributed by atoms with E-state index in [1.54, 1.807) is 0 Å². The van der Waals surface area contributed by atoms with Gasteiger partial charge in [0.15, 0.2) is 0 Å². The second kappa shape index (κ2) is 18.4. The third kappa shape index (κ3) is 17.4. The number of allylic oxidation sites excluding steroid dienone is 4. The van der Waals surface area contributed by atoms with Gasteiger partial charge in [0.25, 0.3) is 0 Å². The zero-order valence-corrected chi connectivity index (χ0v) is 13.6. The first-order valence-corrected chi connectivity index (χ1v) is 8.39. The molecule has 0 aromatic heterocycles. The molecule has 0 amide bonds. The maximum atomic E-state index is 5.43. The molecule has 0 aliphatic rings. The fraction of sp³-hybridized carbons (Fsp3) is 0.778. The smallest absolute Gasteiger partial charge is 0.146 e. The van der Waals surface area contributed by atoms with Gasteiger partial charge in [-0.3, -0.25) is 0 Å². The van der Waals surface area contributed by atoms with E-state index < -0.39 is 0 Å². The fourth-order valence-corrected chi connectivity index (χ4v) is 1.77. The lowest BCUT2D eigenvalue weighted by Gasteiger charge is -2.04. The van der Waals surface area contributed by atoms with Crippen molar-refractivity contribution in [3.05, 3.63) is 24.3 Å². The van der Waals surface area contributed by atoms with E-state index in [0.717, 1.165) is 32.5 Å². The molecule has 2 heteroatoms. The van der Waals surface area contributed by atoms with Crippen LogP contribution in [-0.4, -0.2) is 20.0 Å². The Bertz CT molecular complexity index is 221. The van der Waals surface area contributed by atoms with E-state index in [9.17, 15) is 0 Å². The van der Waals surface area contributed by atoms with Crippen LogP contribution in [0.5, 0.6) is 0 Å². The third-order valence-electron chi connectivity index (χ3n) is 3.08. The van der Waals surface area contributed by atoms with E-state index in [-0.39, 0.29) is 0 Å².